The Morgan fingerprint density at radius 3 is 2.62 bits per heavy atom. The number of morpholine rings is 1. The first-order chi connectivity index (χ1) is 9.99. The van der Waals surface area contributed by atoms with Crippen LogP contribution >= 0.6 is 0 Å². The SMILES string of the molecule is C=C/C=C1/O[C@@H](CCCC(=O)O)CN(S(=O)O)/C1=C/C=C. The van der Waals surface area contributed by atoms with Crippen molar-refractivity contribution in [2.45, 2.75) is 25.4 Å². The smallest absolute Gasteiger partial charge is 0.303 e. The monoisotopic (exact) mass is 313 g/mol. The number of aliphatic carboxylic acids is 1. The van der Waals surface area contributed by atoms with Gasteiger partial charge in [-0.1, -0.05) is 25.3 Å². The van der Waals surface area contributed by atoms with Crippen LogP contribution in [0.25, 0.3) is 0 Å². The summed E-state index contributed by atoms with van der Waals surface area (Å²) in [6, 6.07) is 0. The Morgan fingerprint density at radius 1 is 1.43 bits per heavy atom. The normalized spacial score (nSPS) is 23.7. The topological polar surface area (TPSA) is 87.1 Å². The van der Waals surface area contributed by atoms with E-state index in [1.165, 1.54) is 16.5 Å². The molecule has 21 heavy (non-hydrogen) atoms. The summed E-state index contributed by atoms with van der Waals surface area (Å²) in [5.41, 5.74) is 0.445. The van der Waals surface area contributed by atoms with Crippen molar-refractivity contribution in [3.63, 3.8) is 0 Å². The van der Waals surface area contributed by atoms with Crippen molar-refractivity contribution in [3.05, 3.63) is 48.9 Å². The minimum atomic E-state index is -2.20. The van der Waals surface area contributed by atoms with E-state index in [0.29, 0.717) is 24.3 Å². The maximum absolute atomic E-state index is 11.5. The molecule has 0 saturated carbocycles. The first kappa shape index (κ1) is 17.2. The molecule has 1 rings (SSSR count). The molecular formula is C14H19NO5S. The van der Waals surface area contributed by atoms with Crippen LogP contribution in [0.4, 0.5) is 0 Å². The van der Waals surface area contributed by atoms with E-state index in [9.17, 15) is 13.6 Å². The molecule has 0 aliphatic carbocycles. The summed E-state index contributed by atoms with van der Waals surface area (Å²) in [6.45, 7) is 7.36. The highest BCUT2D eigenvalue weighted by Crippen LogP contribution is 2.28. The Hall–Kier alpha value is -1.86. The summed E-state index contributed by atoms with van der Waals surface area (Å²) in [4.78, 5) is 10.5. The quantitative estimate of drug-likeness (QED) is 0.704. The van der Waals surface area contributed by atoms with E-state index >= 15 is 0 Å². The maximum Gasteiger partial charge on any atom is 0.303 e. The Balaban J connectivity index is 2.90. The number of carboxylic acids is 1. The third-order valence-electron chi connectivity index (χ3n) is 2.83. The standard InChI is InChI=1S/C14H19NO5S/c1-3-6-12-13(7-4-2)20-11(8-5-9-14(16)17)10-15(12)21(18)19/h3-4,6-7,11H,1-2,5,8-10H2,(H,16,17)(H,18,19)/b12-6+,13-7+/t11-/m0/s1. The molecule has 0 aromatic carbocycles. The van der Waals surface area contributed by atoms with Crippen LogP contribution in [0.1, 0.15) is 19.3 Å². The molecule has 1 aliphatic heterocycles. The van der Waals surface area contributed by atoms with Crippen LogP contribution in [-0.4, -0.2) is 36.8 Å². The van der Waals surface area contributed by atoms with Crippen LogP contribution in [0.15, 0.2) is 48.9 Å². The predicted octanol–water partition coefficient (Wildman–Crippen LogP) is 2.22. The second-order valence-electron chi connectivity index (χ2n) is 4.37. The van der Waals surface area contributed by atoms with E-state index in [4.69, 9.17) is 9.84 Å². The average molecular weight is 313 g/mol. The van der Waals surface area contributed by atoms with Gasteiger partial charge in [-0.05, 0) is 25.0 Å². The number of nitrogens with zero attached hydrogens (tertiary/aromatic N) is 1. The molecule has 1 heterocycles. The fraction of sp³-hybridized carbons (Fsp3) is 0.357. The van der Waals surface area contributed by atoms with Crippen LogP contribution in [0, 0.1) is 0 Å². The minimum absolute atomic E-state index is 0.0396. The molecule has 116 valence electrons. The van der Waals surface area contributed by atoms with E-state index in [2.05, 4.69) is 13.2 Å². The van der Waals surface area contributed by atoms with Gasteiger partial charge in [0.05, 0.1) is 12.2 Å². The van der Waals surface area contributed by atoms with Gasteiger partial charge in [0.15, 0.2) is 0 Å². The van der Waals surface area contributed by atoms with Crippen molar-refractivity contribution < 1.29 is 23.4 Å². The highest BCUT2D eigenvalue weighted by atomic mass is 32.2. The predicted molar refractivity (Wildman–Crippen MR) is 80.4 cm³/mol. The molecule has 6 nitrogen and oxygen atoms in total. The molecule has 0 spiro atoms. The van der Waals surface area contributed by atoms with Gasteiger partial charge in [0.1, 0.15) is 11.9 Å². The van der Waals surface area contributed by atoms with Crippen molar-refractivity contribution in [2.24, 2.45) is 0 Å². The van der Waals surface area contributed by atoms with Gasteiger partial charge in [-0.2, -0.15) is 0 Å². The van der Waals surface area contributed by atoms with E-state index < -0.39 is 17.2 Å². The molecule has 0 aromatic heterocycles. The lowest BCUT2D eigenvalue weighted by atomic mass is 10.1. The number of rotatable bonds is 7. The van der Waals surface area contributed by atoms with Gasteiger partial charge in [0.2, 0.25) is 0 Å². The summed E-state index contributed by atoms with van der Waals surface area (Å²) >= 11 is -2.20. The van der Waals surface area contributed by atoms with Crippen molar-refractivity contribution in [2.75, 3.05) is 6.54 Å². The van der Waals surface area contributed by atoms with E-state index in [1.807, 2.05) is 0 Å². The van der Waals surface area contributed by atoms with Gasteiger partial charge >= 0.3 is 5.97 Å². The average Bonchev–Trinajstić information content (AvgIpc) is 2.41. The summed E-state index contributed by atoms with van der Waals surface area (Å²) < 4.78 is 27.9. The van der Waals surface area contributed by atoms with Crippen molar-refractivity contribution in [3.8, 4) is 0 Å². The Labute approximate surface area is 126 Å². The zero-order valence-corrected chi connectivity index (χ0v) is 12.4. The first-order valence-electron chi connectivity index (χ1n) is 6.42. The highest BCUT2D eigenvalue weighted by molar-refractivity contribution is 7.76. The Kier molecular flexibility index (Phi) is 6.90. The number of allylic oxidation sites excluding steroid dienone is 4. The molecule has 2 atom stereocenters. The van der Waals surface area contributed by atoms with Gasteiger partial charge in [0.25, 0.3) is 11.3 Å². The maximum atomic E-state index is 11.5. The van der Waals surface area contributed by atoms with Crippen LogP contribution in [0.2, 0.25) is 0 Å². The molecular weight excluding hydrogens is 294 g/mol. The zero-order chi connectivity index (χ0) is 15.8. The largest absolute Gasteiger partial charge is 0.486 e. The summed E-state index contributed by atoms with van der Waals surface area (Å²) in [7, 11) is 0. The van der Waals surface area contributed by atoms with Gasteiger partial charge in [-0.25, -0.2) is 4.21 Å². The number of carboxylic acid groups (broad SMARTS) is 1. The molecule has 1 aliphatic rings. The molecule has 2 N–H and O–H groups in total. The van der Waals surface area contributed by atoms with Crippen LogP contribution in [0.5, 0.6) is 0 Å². The number of carbonyl (C=O) groups is 1. The third kappa shape index (κ3) is 5.20. The molecule has 0 aromatic rings. The molecule has 7 heteroatoms. The van der Waals surface area contributed by atoms with E-state index in [-0.39, 0.29) is 19.1 Å². The Morgan fingerprint density at radius 2 is 2.10 bits per heavy atom. The van der Waals surface area contributed by atoms with Gasteiger partial charge < -0.3 is 9.84 Å². The lowest BCUT2D eigenvalue weighted by Gasteiger charge is -2.35. The minimum Gasteiger partial charge on any atom is -0.486 e. The van der Waals surface area contributed by atoms with Crippen LogP contribution < -0.4 is 0 Å². The molecule has 1 saturated heterocycles. The van der Waals surface area contributed by atoms with Crippen molar-refractivity contribution in [1.82, 2.24) is 4.31 Å². The number of ether oxygens (including phenoxy) is 1. The van der Waals surface area contributed by atoms with E-state index in [1.54, 1.807) is 12.2 Å². The lowest BCUT2D eigenvalue weighted by molar-refractivity contribution is -0.137. The third-order valence-corrected chi connectivity index (χ3v) is 3.56. The molecule has 1 fully saturated rings. The molecule has 0 bridgehead atoms. The fourth-order valence-corrected chi connectivity index (χ4v) is 2.58. The van der Waals surface area contributed by atoms with E-state index in [0.717, 1.165) is 0 Å². The zero-order valence-electron chi connectivity index (χ0n) is 11.6. The second-order valence-corrected chi connectivity index (χ2v) is 5.27. The number of hydrogen-bond donors (Lipinski definition) is 2. The highest BCUT2D eigenvalue weighted by Gasteiger charge is 2.30. The van der Waals surface area contributed by atoms with Gasteiger partial charge in [-0.3, -0.25) is 13.7 Å². The molecule has 0 radical (unpaired) electrons. The summed E-state index contributed by atoms with van der Waals surface area (Å²) in [5, 5.41) is 8.65. The fourth-order valence-electron chi connectivity index (χ4n) is 1.97. The molecule has 0 amide bonds. The van der Waals surface area contributed by atoms with Gasteiger partial charge in [-0.15, -0.1) is 0 Å². The summed E-state index contributed by atoms with van der Waals surface area (Å²) in [6.07, 6.45) is 6.80. The van der Waals surface area contributed by atoms with Crippen molar-refractivity contribution in [1.29, 1.82) is 0 Å². The first-order valence-corrected chi connectivity index (χ1v) is 7.48. The van der Waals surface area contributed by atoms with Gasteiger partial charge in [0, 0.05) is 6.42 Å². The second kappa shape index (κ2) is 8.43. The lowest BCUT2D eigenvalue weighted by Crippen LogP contribution is -2.40. The number of hydrogen-bond acceptors (Lipinski definition) is 3. The molecule has 1 unspecified atom stereocenters. The Bertz CT molecular complexity index is 498. The van der Waals surface area contributed by atoms with Crippen LogP contribution in [0.3, 0.4) is 0 Å². The van der Waals surface area contributed by atoms with Crippen LogP contribution in [-0.2, 0) is 20.8 Å². The summed E-state index contributed by atoms with van der Waals surface area (Å²) in [5.74, 6) is -0.457. The van der Waals surface area contributed by atoms with Crippen molar-refractivity contribution >= 4 is 17.2 Å².